The Morgan fingerprint density at radius 3 is 2.31 bits per heavy atom. The lowest BCUT2D eigenvalue weighted by molar-refractivity contribution is -0.248. The molecular formula is C10H18O6. The minimum absolute atomic E-state index is 0.144. The Morgan fingerprint density at radius 1 is 1.12 bits per heavy atom. The van der Waals surface area contributed by atoms with Crippen LogP contribution in [0.5, 0.6) is 0 Å². The maximum absolute atomic E-state index is 10.1. The van der Waals surface area contributed by atoms with Crippen LogP contribution in [-0.2, 0) is 14.2 Å². The van der Waals surface area contributed by atoms with Crippen molar-refractivity contribution in [2.24, 2.45) is 0 Å². The highest BCUT2D eigenvalue weighted by atomic mass is 16.8. The van der Waals surface area contributed by atoms with Crippen LogP contribution in [-0.4, -0.2) is 58.4 Å². The van der Waals surface area contributed by atoms with Crippen molar-refractivity contribution in [2.75, 3.05) is 13.2 Å². The van der Waals surface area contributed by atoms with Crippen LogP contribution in [0, 0.1) is 0 Å². The molecule has 0 saturated carbocycles. The second kappa shape index (κ2) is 3.90. The maximum atomic E-state index is 10.1. The van der Waals surface area contributed by atoms with Crippen LogP contribution in [0.2, 0.25) is 0 Å². The zero-order valence-electron chi connectivity index (χ0n) is 9.42. The molecule has 2 aliphatic rings. The fourth-order valence-corrected chi connectivity index (χ4v) is 2.27. The molecule has 0 bridgehead atoms. The van der Waals surface area contributed by atoms with Gasteiger partial charge in [0.25, 0.3) is 0 Å². The Labute approximate surface area is 93.7 Å². The van der Waals surface area contributed by atoms with E-state index in [-0.39, 0.29) is 19.6 Å². The first kappa shape index (κ1) is 12.2. The first-order valence-electron chi connectivity index (χ1n) is 5.37. The van der Waals surface area contributed by atoms with Crippen LogP contribution in [0.4, 0.5) is 0 Å². The average Bonchev–Trinajstić information content (AvgIpc) is 2.62. The molecule has 2 saturated heterocycles. The lowest BCUT2D eigenvalue weighted by Crippen LogP contribution is -2.48. The summed E-state index contributed by atoms with van der Waals surface area (Å²) >= 11 is 0. The molecule has 0 aromatic heterocycles. The molecule has 0 aromatic rings. The van der Waals surface area contributed by atoms with Gasteiger partial charge < -0.3 is 29.5 Å². The van der Waals surface area contributed by atoms with Crippen molar-refractivity contribution >= 4 is 0 Å². The van der Waals surface area contributed by atoms with Crippen molar-refractivity contribution in [1.82, 2.24) is 0 Å². The minimum Gasteiger partial charge on any atom is -0.396 e. The van der Waals surface area contributed by atoms with Gasteiger partial charge in [-0.2, -0.15) is 0 Å². The second-order valence-electron chi connectivity index (χ2n) is 4.73. The molecule has 2 fully saturated rings. The largest absolute Gasteiger partial charge is 0.396 e. The summed E-state index contributed by atoms with van der Waals surface area (Å²) in [5.41, 5.74) is -1.18. The Kier molecular flexibility index (Phi) is 2.98. The van der Waals surface area contributed by atoms with Crippen LogP contribution >= 0.6 is 0 Å². The first-order valence-corrected chi connectivity index (χ1v) is 5.37. The number of hydrogen-bond donors (Lipinski definition) is 3. The van der Waals surface area contributed by atoms with Crippen molar-refractivity contribution in [3.63, 3.8) is 0 Å². The molecule has 16 heavy (non-hydrogen) atoms. The van der Waals surface area contributed by atoms with E-state index in [1.165, 1.54) is 0 Å². The molecule has 0 amide bonds. The Bertz CT molecular complexity index is 268. The van der Waals surface area contributed by atoms with Crippen LogP contribution in [0.3, 0.4) is 0 Å². The lowest BCUT2D eigenvalue weighted by atomic mass is 9.93. The average molecular weight is 234 g/mol. The fourth-order valence-electron chi connectivity index (χ4n) is 2.27. The van der Waals surface area contributed by atoms with Gasteiger partial charge in [0.1, 0.15) is 17.8 Å². The predicted octanol–water partition coefficient (Wildman–Crippen LogP) is -1.03. The van der Waals surface area contributed by atoms with Gasteiger partial charge in [-0.25, -0.2) is 0 Å². The number of fused-ring (bicyclic) bond motifs is 1. The quantitative estimate of drug-likeness (QED) is 0.578. The molecule has 4 atom stereocenters. The van der Waals surface area contributed by atoms with Gasteiger partial charge in [0, 0.05) is 13.0 Å². The first-order chi connectivity index (χ1) is 7.44. The SMILES string of the molecule is CC1(C)OC2[C@H](O1)O[C@](CO)(CCO)[C@@H]2O. The zero-order chi connectivity index (χ0) is 12.0. The summed E-state index contributed by atoms with van der Waals surface area (Å²) in [4.78, 5) is 0. The molecule has 0 radical (unpaired) electrons. The standard InChI is InChI=1S/C10H18O6/c1-9(2)14-6-7(13)10(5-12,3-4-11)16-8(6)15-9/h6-8,11-13H,3-5H2,1-2H3/t6?,7-,8-,10+/m1/s1. The van der Waals surface area contributed by atoms with E-state index >= 15 is 0 Å². The minimum atomic E-state index is -1.18. The van der Waals surface area contributed by atoms with Crippen molar-refractivity contribution in [3.05, 3.63) is 0 Å². The predicted molar refractivity (Wildman–Crippen MR) is 52.4 cm³/mol. The maximum Gasteiger partial charge on any atom is 0.190 e. The summed E-state index contributed by atoms with van der Waals surface area (Å²) in [6.45, 7) is 2.90. The van der Waals surface area contributed by atoms with E-state index in [2.05, 4.69) is 0 Å². The normalized spacial score (nSPS) is 45.9. The van der Waals surface area contributed by atoms with Gasteiger partial charge in [-0.3, -0.25) is 0 Å². The Hall–Kier alpha value is -0.240. The van der Waals surface area contributed by atoms with Crippen LogP contribution in [0.1, 0.15) is 20.3 Å². The van der Waals surface area contributed by atoms with Gasteiger partial charge in [-0.1, -0.05) is 0 Å². The van der Waals surface area contributed by atoms with E-state index in [4.69, 9.17) is 19.3 Å². The molecular weight excluding hydrogens is 216 g/mol. The number of rotatable bonds is 3. The molecule has 1 unspecified atom stereocenters. The monoisotopic (exact) mass is 234 g/mol. The van der Waals surface area contributed by atoms with Gasteiger partial charge in [0.2, 0.25) is 0 Å². The van der Waals surface area contributed by atoms with Crippen LogP contribution in [0.15, 0.2) is 0 Å². The molecule has 94 valence electrons. The second-order valence-corrected chi connectivity index (χ2v) is 4.73. The van der Waals surface area contributed by atoms with Gasteiger partial charge in [0.15, 0.2) is 12.1 Å². The van der Waals surface area contributed by atoms with E-state index < -0.39 is 29.9 Å². The van der Waals surface area contributed by atoms with E-state index in [0.29, 0.717) is 0 Å². The van der Waals surface area contributed by atoms with E-state index in [0.717, 1.165) is 0 Å². The molecule has 0 spiro atoms. The van der Waals surface area contributed by atoms with E-state index in [1.807, 2.05) is 0 Å². The summed E-state index contributed by atoms with van der Waals surface area (Å²) in [7, 11) is 0. The zero-order valence-corrected chi connectivity index (χ0v) is 9.42. The van der Waals surface area contributed by atoms with Crippen molar-refractivity contribution in [1.29, 1.82) is 0 Å². The number of ether oxygens (including phenoxy) is 3. The summed E-state index contributed by atoms with van der Waals surface area (Å²) in [5, 5.41) is 28.3. The van der Waals surface area contributed by atoms with Gasteiger partial charge >= 0.3 is 0 Å². The third kappa shape index (κ3) is 1.75. The van der Waals surface area contributed by atoms with Crippen LogP contribution in [0.25, 0.3) is 0 Å². The van der Waals surface area contributed by atoms with E-state index in [1.54, 1.807) is 13.8 Å². The van der Waals surface area contributed by atoms with Gasteiger partial charge in [-0.15, -0.1) is 0 Å². The van der Waals surface area contributed by atoms with Crippen molar-refractivity contribution < 1.29 is 29.5 Å². The third-order valence-corrected chi connectivity index (χ3v) is 3.09. The highest BCUT2D eigenvalue weighted by Crippen LogP contribution is 2.43. The highest BCUT2D eigenvalue weighted by Gasteiger charge is 2.60. The number of aliphatic hydroxyl groups is 3. The number of hydrogen-bond acceptors (Lipinski definition) is 6. The smallest absolute Gasteiger partial charge is 0.190 e. The fraction of sp³-hybridized carbons (Fsp3) is 1.00. The Morgan fingerprint density at radius 2 is 1.81 bits per heavy atom. The number of aliphatic hydroxyl groups excluding tert-OH is 3. The highest BCUT2D eigenvalue weighted by molar-refractivity contribution is 5.02. The molecule has 2 heterocycles. The summed E-state index contributed by atoms with van der Waals surface area (Å²) in [5.74, 6) is -0.795. The topological polar surface area (TPSA) is 88.4 Å². The summed E-state index contributed by atoms with van der Waals surface area (Å²) in [6.07, 6.45) is -2.17. The summed E-state index contributed by atoms with van der Waals surface area (Å²) in [6, 6.07) is 0. The van der Waals surface area contributed by atoms with E-state index in [9.17, 15) is 10.2 Å². The molecule has 6 heteroatoms. The third-order valence-electron chi connectivity index (χ3n) is 3.09. The summed E-state index contributed by atoms with van der Waals surface area (Å²) < 4.78 is 16.5. The molecule has 3 N–H and O–H groups in total. The molecule has 0 aromatic carbocycles. The molecule has 6 nitrogen and oxygen atoms in total. The lowest BCUT2D eigenvalue weighted by Gasteiger charge is -2.32. The molecule has 0 aliphatic carbocycles. The van der Waals surface area contributed by atoms with Gasteiger partial charge in [-0.05, 0) is 13.8 Å². The van der Waals surface area contributed by atoms with Crippen LogP contribution < -0.4 is 0 Å². The van der Waals surface area contributed by atoms with Crippen molar-refractivity contribution in [3.8, 4) is 0 Å². The molecule has 2 aliphatic heterocycles. The Balaban J connectivity index is 2.14. The van der Waals surface area contributed by atoms with Crippen molar-refractivity contribution in [2.45, 2.75) is 50.2 Å². The molecule has 2 rings (SSSR count). The van der Waals surface area contributed by atoms with Gasteiger partial charge in [0.05, 0.1) is 6.61 Å².